The molecule has 0 aliphatic rings. The molecule has 0 aliphatic heterocycles. The average molecular weight is 409 g/mol. The fourth-order valence-corrected chi connectivity index (χ4v) is 2.76. The molecule has 0 aromatic heterocycles. The molecule has 2 aromatic rings. The zero-order valence-electron chi connectivity index (χ0n) is 14.2. The summed E-state index contributed by atoms with van der Waals surface area (Å²) in [5.74, 6) is -1.23. The second-order valence-electron chi connectivity index (χ2n) is 5.51. The lowest BCUT2D eigenvalue weighted by Crippen LogP contribution is -2.40. The van der Waals surface area contributed by atoms with E-state index >= 15 is 0 Å². The van der Waals surface area contributed by atoms with Crippen molar-refractivity contribution in [3.8, 4) is 0 Å². The van der Waals surface area contributed by atoms with Crippen molar-refractivity contribution in [3.63, 3.8) is 0 Å². The van der Waals surface area contributed by atoms with E-state index in [1.165, 1.54) is 6.07 Å². The molecule has 0 saturated carbocycles. The molecule has 0 fully saturated rings. The van der Waals surface area contributed by atoms with Crippen molar-refractivity contribution >= 4 is 46.6 Å². The first-order valence-electron chi connectivity index (χ1n) is 8.01. The fraction of sp³-hybridized carbons (Fsp3) is 0.167. The lowest BCUT2D eigenvalue weighted by molar-refractivity contribution is -0.120. The summed E-state index contributed by atoms with van der Waals surface area (Å²) in [6.07, 6.45) is 0. The molecule has 2 rings (SSSR count). The number of nitrogens with two attached hydrogens (primary N) is 1. The maximum Gasteiger partial charge on any atom is 0.254 e. The van der Waals surface area contributed by atoms with Crippen LogP contribution in [0.15, 0.2) is 42.5 Å². The van der Waals surface area contributed by atoms with Gasteiger partial charge in [0.25, 0.3) is 11.8 Å². The summed E-state index contributed by atoms with van der Waals surface area (Å²) in [7, 11) is 0. The van der Waals surface area contributed by atoms with Gasteiger partial charge >= 0.3 is 0 Å². The average Bonchev–Trinajstić information content (AvgIpc) is 2.63. The maximum atomic E-state index is 12.1. The van der Waals surface area contributed by atoms with Crippen LogP contribution in [0.3, 0.4) is 0 Å². The van der Waals surface area contributed by atoms with Crippen LogP contribution in [-0.4, -0.2) is 37.4 Å². The van der Waals surface area contributed by atoms with E-state index in [2.05, 4.69) is 16.0 Å². The van der Waals surface area contributed by atoms with E-state index in [9.17, 15) is 14.4 Å². The summed E-state index contributed by atoms with van der Waals surface area (Å²) in [5, 5.41) is 8.16. The molecule has 0 unspecified atom stereocenters. The van der Waals surface area contributed by atoms with E-state index in [0.29, 0.717) is 11.3 Å². The van der Waals surface area contributed by atoms with Gasteiger partial charge in [0.1, 0.15) is 0 Å². The van der Waals surface area contributed by atoms with E-state index in [1.807, 2.05) is 0 Å². The first-order chi connectivity index (χ1) is 12.9. The molecule has 0 spiro atoms. The number of nitrogen functional groups attached to an aromatic ring is 1. The summed E-state index contributed by atoms with van der Waals surface area (Å²) in [4.78, 5) is 35.7. The first-order valence-corrected chi connectivity index (χ1v) is 8.76. The lowest BCUT2D eigenvalue weighted by Gasteiger charge is -2.10. The highest BCUT2D eigenvalue weighted by Crippen LogP contribution is 2.23. The van der Waals surface area contributed by atoms with Crippen molar-refractivity contribution in [2.45, 2.75) is 0 Å². The van der Waals surface area contributed by atoms with E-state index in [4.69, 9.17) is 28.9 Å². The molecular formula is C18H18Cl2N4O3. The van der Waals surface area contributed by atoms with Crippen molar-refractivity contribution in [2.75, 3.05) is 25.4 Å². The van der Waals surface area contributed by atoms with Crippen LogP contribution in [0.1, 0.15) is 20.7 Å². The molecule has 7 nitrogen and oxygen atoms in total. The Hall–Kier alpha value is -2.77. The van der Waals surface area contributed by atoms with Crippen molar-refractivity contribution in [3.05, 3.63) is 63.6 Å². The van der Waals surface area contributed by atoms with Gasteiger partial charge in [-0.2, -0.15) is 0 Å². The highest BCUT2D eigenvalue weighted by Gasteiger charge is 2.14. The van der Waals surface area contributed by atoms with Crippen LogP contribution in [0.25, 0.3) is 0 Å². The molecule has 0 bridgehead atoms. The largest absolute Gasteiger partial charge is 0.399 e. The Balaban J connectivity index is 1.70. The molecule has 0 aliphatic carbocycles. The third-order valence-corrected chi connectivity index (χ3v) is 4.11. The van der Waals surface area contributed by atoms with E-state index in [1.54, 1.807) is 36.4 Å². The molecule has 0 radical (unpaired) electrons. The van der Waals surface area contributed by atoms with Crippen LogP contribution < -0.4 is 21.7 Å². The molecule has 0 atom stereocenters. The van der Waals surface area contributed by atoms with E-state index in [0.717, 1.165) is 0 Å². The van der Waals surface area contributed by atoms with Gasteiger partial charge in [-0.3, -0.25) is 14.4 Å². The highest BCUT2D eigenvalue weighted by molar-refractivity contribution is 6.39. The zero-order valence-corrected chi connectivity index (χ0v) is 15.7. The smallest absolute Gasteiger partial charge is 0.254 e. The molecule has 142 valence electrons. The van der Waals surface area contributed by atoms with Gasteiger partial charge in [0, 0.05) is 24.3 Å². The van der Waals surface area contributed by atoms with Crippen LogP contribution in [-0.2, 0) is 4.79 Å². The van der Waals surface area contributed by atoms with Crippen molar-refractivity contribution < 1.29 is 14.4 Å². The van der Waals surface area contributed by atoms with Crippen molar-refractivity contribution in [1.29, 1.82) is 0 Å². The third kappa shape index (κ3) is 6.16. The van der Waals surface area contributed by atoms with Gasteiger partial charge < -0.3 is 21.7 Å². The predicted molar refractivity (Wildman–Crippen MR) is 105 cm³/mol. The zero-order chi connectivity index (χ0) is 19.8. The molecule has 0 heterocycles. The first kappa shape index (κ1) is 20.5. The van der Waals surface area contributed by atoms with Gasteiger partial charge in [-0.25, -0.2) is 0 Å². The summed E-state index contributed by atoms with van der Waals surface area (Å²) < 4.78 is 0. The molecule has 27 heavy (non-hydrogen) atoms. The monoisotopic (exact) mass is 408 g/mol. The van der Waals surface area contributed by atoms with Gasteiger partial charge in [0.05, 0.1) is 22.2 Å². The molecule has 2 aromatic carbocycles. The third-order valence-electron chi connectivity index (χ3n) is 3.48. The number of carbonyl (C=O) groups excluding carboxylic acids is 3. The SMILES string of the molecule is Nc1cccc(C(=O)NCC(=O)NCCNC(=O)c2c(Cl)cccc2Cl)c1. The van der Waals surface area contributed by atoms with Crippen LogP contribution >= 0.6 is 23.2 Å². The number of hydrogen-bond acceptors (Lipinski definition) is 4. The molecule has 3 amide bonds. The lowest BCUT2D eigenvalue weighted by atomic mass is 10.2. The van der Waals surface area contributed by atoms with Crippen LogP contribution in [0.5, 0.6) is 0 Å². The number of halogens is 2. The normalized spacial score (nSPS) is 10.1. The quantitative estimate of drug-likeness (QED) is 0.413. The van der Waals surface area contributed by atoms with Gasteiger partial charge in [-0.1, -0.05) is 35.3 Å². The van der Waals surface area contributed by atoms with E-state index in [-0.39, 0.29) is 35.2 Å². The molecule has 0 saturated heterocycles. The Morgan fingerprint density at radius 3 is 2.15 bits per heavy atom. The number of carbonyl (C=O) groups is 3. The molecule has 9 heteroatoms. The number of nitrogens with one attached hydrogen (secondary N) is 3. The Kier molecular flexibility index (Phi) is 7.45. The van der Waals surface area contributed by atoms with Crippen LogP contribution in [0.4, 0.5) is 5.69 Å². The standard InChI is InChI=1S/C18H18Cl2N4O3/c19-13-5-2-6-14(20)16(13)18(27)23-8-7-22-15(25)10-24-17(26)11-3-1-4-12(21)9-11/h1-6,9H,7-8,10,21H2,(H,22,25)(H,23,27)(H,24,26). The number of rotatable bonds is 7. The predicted octanol–water partition coefficient (Wildman–Crippen LogP) is 1.85. The summed E-state index contributed by atoms with van der Waals surface area (Å²) >= 11 is 11.9. The minimum Gasteiger partial charge on any atom is -0.399 e. The second-order valence-corrected chi connectivity index (χ2v) is 6.33. The molecular weight excluding hydrogens is 391 g/mol. The second kappa shape index (κ2) is 9.80. The van der Waals surface area contributed by atoms with E-state index < -0.39 is 17.7 Å². The van der Waals surface area contributed by atoms with Gasteiger partial charge in [0.15, 0.2) is 0 Å². The van der Waals surface area contributed by atoms with Gasteiger partial charge in [-0.15, -0.1) is 0 Å². The Labute approximate surface area is 166 Å². The van der Waals surface area contributed by atoms with Gasteiger partial charge in [0.2, 0.25) is 5.91 Å². The molecule has 5 N–H and O–H groups in total. The van der Waals surface area contributed by atoms with Crippen molar-refractivity contribution in [2.24, 2.45) is 0 Å². The summed E-state index contributed by atoms with van der Waals surface area (Å²) in [6, 6.07) is 11.2. The number of amides is 3. The Morgan fingerprint density at radius 1 is 0.852 bits per heavy atom. The van der Waals surface area contributed by atoms with Crippen molar-refractivity contribution in [1.82, 2.24) is 16.0 Å². The minimum absolute atomic E-state index is 0.176. The van der Waals surface area contributed by atoms with Gasteiger partial charge in [-0.05, 0) is 30.3 Å². The number of benzene rings is 2. The number of anilines is 1. The number of hydrogen-bond donors (Lipinski definition) is 4. The fourth-order valence-electron chi connectivity index (χ4n) is 2.19. The minimum atomic E-state index is -0.435. The van der Waals surface area contributed by atoms with Crippen LogP contribution in [0.2, 0.25) is 10.0 Å². The summed E-state index contributed by atoms with van der Waals surface area (Å²) in [6.45, 7) is 0.161. The summed E-state index contributed by atoms with van der Waals surface area (Å²) in [5.41, 5.74) is 6.62. The maximum absolute atomic E-state index is 12.1. The van der Waals surface area contributed by atoms with Crippen LogP contribution in [0, 0.1) is 0 Å². The Morgan fingerprint density at radius 2 is 1.48 bits per heavy atom. The highest BCUT2D eigenvalue weighted by atomic mass is 35.5. The Bertz CT molecular complexity index is 838. The topological polar surface area (TPSA) is 113 Å².